The Morgan fingerprint density at radius 1 is 1.11 bits per heavy atom. The number of para-hydroxylation sites is 1. The Bertz CT molecular complexity index is 641. The molecule has 2 aromatic carbocycles. The zero-order valence-electron chi connectivity index (χ0n) is 10.3. The zero-order chi connectivity index (χ0) is 13.7. The van der Waals surface area contributed by atoms with Gasteiger partial charge in [0.15, 0.2) is 0 Å². The third-order valence-corrected chi connectivity index (χ3v) is 2.52. The number of nitrogens with zero attached hydrogens (tertiary/aromatic N) is 1. The van der Waals surface area contributed by atoms with Crippen LogP contribution in [0.3, 0.4) is 0 Å². The van der Waals surface area contributed by atoms with Gasteiger partial charge in [-0.15, -0.1) is 0 Å². The van der Waals surface area contributed by atoms with E-state index >= 15 is 0 Å². The summed E-state index contributed by atoms with van der Waals surface area (Å²) < 4.78 is 5.21. The Labute approximate surface area is 110 Å². The minimum atomic E-state index is -0.557. The van der Waals surface area contributed by atoms with Gasteiger partial charge in [0.25, 0.3) is 0 Å². The van der Waals surface area contributed by atoms with Gasteiger partial charge in [0, 0.05) is 0 Å². The molecule has 4 nitrogen and oxygen atoms in total. The minimum Gasteiger partial charge on any atom is -0.423 e. The number of aliphatic imine (C=N–C) groups is 1. The molecule has 94 valence electrons. The van der Waals surface area contributed by atoms with Gasteiger partial charge < -0.3 is 4.74 Å². The van der Waals surface area contributed by atoms with Gasteiger partial charge in [-0.2, -0.15) is 4.99 Å². The first-order chi connectivity index (χ1) is 9.20. The molecule has 0 spiro atoms. The molecule has 0 fully saturated rings. The first kappa shape index (κ1) is 12.7. The van der Waals surface area contributed by atoms with E-state index in [4.69, 9.17) is 4.74 Å². The fourth-order valence-electron chi connectivity index (χ4n) is 1.56. The van der Waals surface area contributed by atoms with Crippen LogP contribution in [0.4, 0.5) is 5.69 Å². The summed E-state index contributed by atoms with van der Waals surface area (Å²) in [5.41, 5.74) is 1.55. The molecule has 0 amide bonds. The highest BCUT2D eigenvalue weighted by Gasteiger charge is 2.12. The summed E-state index contributed by atoms with van der Waals surface area (Å²) in [5, 5.41) is 0. The first-order valence-electron chi connectivity index (χ1n) is 5.66. The molecule has 2 aromatic rings. The second-order valence-electron chi connectivity index (χ2n) is 3.92. The number of carbonyl (C=O) groups excluding carboxylic acids is 2. The molecule has 0 saturated carbocycles. The normalized spacial score (nSPS) is 9.53. The molecule has 4 heteroatoms. The molecular formula is C15H11NO3. The first-order valence-corrected chi connectivity index (χ1v) is 5.66. The molecule has 0 radical (unpaired) electrons. The summed E-state index contributed by atoms with van der Waals surface area (Å²) in [6, 6.07) is 13.6. The molecule has 0 heterocycles. The van der Waals surface area contributed by atoms with E-state index in [-0.39, 0.29) is 11.3 Å². The average molecular weight is 253 g/mol. The van der Waals surface area contributed by atoms with Crippen molar-refractivity contribution in [2.45, 2.75) is 6.92 Å². The summed E-state index contributed by atoms with van der Waals surface area (Å²) >= 11 is 0. The third kappa shape index (κ3) is 3.15. The van der Waals surface area contributed by atoms with E-state index in [0.717, 1.165) is 5.56 Å². The van der Waals surface area contributed by atoms with Crippen LogP contribution < -0.4 is 4.74 Å². The lowest BCUT2D eigenvalue weighted by molar-refractivity contribution is 0.0735. The molecule has 0 atom stereocenters. The van der Waals surface area contributed by atoms with Crippen LogP contribution >= 0.6 is 0 Å². The summed E-state index contributed by atoms with van der Waals surface area (Å²) in [7, 11) is 0. The standard InChI is InChI=1S/C15H11NO3/c1-11-6-8-12(9-7-11)19-15(18)13-4-2-3-5-14(13)16-10-17/h2-9H,1H3. The van der Waals surface area contributed by atoms with Crippen LogP contribution in [0.15, 0.2) is 53.5 Å². The number of hydrogen-bond donors (Lipinski definition) is 0. The number of isocyanates is 1. The molecular weight excluding hydrogens is 242 g/mol. The summed E-state index contributed by atoms with van der Waals surface area (Å²) in [6.45, 7) is 1.94. The second-order valence-corrected chi connectivity index (χ2v) is 3.92. The van der Waals surface area contributed by atoms with E-state index in [0.29, 0.717) is 5.75 Å². The molecule has 0 aliphatic heterocycles. The Hall–Kier alpha value is -2.71. The van der Waals surface area contributed by atoms with Gasteiger partial charge in [-0.05, 0) is 31.2 Å². The molecule has 0 saturated heterocycles. The predicted molar refractivity (Wildman–Crippen MR) is 70.4 cm³/mol. The highest BCUT2D eigenvalue weighted by molar-refractivity contribution is 5.96. The smallest absolute Gasteiger partial charge is 0.345 e. The van der Waals surface area contributed by atoms with E-state index < -0.39 is 5.97 Å². The molecule has 0 aliphatic rings. The van der Waals surface area contributed by atoms with Gasteiger partial charge in [0.05, 0.1) is 11.3 Å². The van der Waals surface area contributed by atoms with Crippen LogP contribution in [0.25, 0.3) is 0 Å². The van der Waals surface area contributed by atoms with E-state index in [2.05, 4.69) is 4.99 Å². The Kier molecular flexibility index (Phi) is 3.86. The molecule has 0 aliphatic carbocycles. The van der Waals surface area contributed by atoms with Crippen LogP contribution in [-0.4, -0.2) is 12.0 Å². The van der Waals surface area contributed by atoms with Gasteiger partial charge in [0.2, 0.25) is 6.08 Å². The van der Waals surface area contributed by atoms with Crippen molar-refractivity contribution >= 4 is 17.7 Å². The van der Waals surface area contributed by atoms with E-state index in [1.807, 2.05) is 19.1 Å². The van der Waals surface area contributed by atoms with Gasteiger partial charge in [-0.3, -0.25) is 0 Å². The fraction of sp³-hybridized carbons (Fsp3) is 0.0667. The molecule has 0 N–H and O–H groups in total. The third-order valence-electron chi connectivity index (χ3n) is 2.52. The lowest BCUT2D eigenvalue weighted by atomic mass is 10.2. The number of hydrogen-bond acceptors (Lipinski definition) is 4. The number of carbonyl (C=O) groups is 1. The van der Waals surface area contributed by atoms with Crippen LogP contribution in [0.1, 0.15) is 15.9 Å². The second kappa shape index (κ2) is 5.76. The Morgan fingerprint density at radius 3 is 2.47 bits per heavy atom. The van der Waals surface area contributed by atoms with Crippen molar-refractivity contribution in [3.8, 4) is 5.75 Å². The monoisotopic (exact) mass is 253 g/mol. The molecule has 19 heavy (non-hydrogen) atoms. The summed E-state index contributed by atoms with van der Waals surface area (Å²) in [4.78, 5) is 25.8. The van der Waals surface area contributed by atoms with Gasteiger partial charge in [-0.1, -0.05) is 29.8 Å². The van der Waals surface area contributed by atoms with Crippen LogP contribution in [0, 0.1) is 6.92 Å². The van der Waals surface area contributed by atoms with Gasteiger partial charge in [-0.25, -0.2) is 9.59 Å². The van der Waals surface area contributed by atoms with Crippen LogP contribution in [-0.2, 0) is 4.79 Å². The fourth-order valence-corrected chi connectivity index (χ4v) is 1.56. The lowest BCUT2D eigenvalue weighted by Gasteiger charge is -2.06. The van der Waals surface area contributed by atoms with Crippen molar-refractivity contribution < 1.29 is 14.3 Å². The number of aryl methyl sites for hydroxylation is 1. The molecule has 0 unspecified atom stereocenters. The molecule has 2 rings (SSSR count). The van der Waals surface area contributed by atoms with Gasteiger partial charge in [0.1, 0.15) is 5.75 Å². The van der Waals surface area contributed by atoms with E-state index in [1.165, 1.54) is 6.08 Å². The van der Waals surface area contributed by atoms with Crippen LogP contribution in [0.5, 0.6) is 5.75 Å². The van der Waals surface area contributed by atoms with Crippen LogP contribution in [0.2, 0.25) is 0 Å². The van der Waals surface area contributed by atoms with E-state index in [9.17, 15) is 9.59 Å². The van der Waals surface area contributed by atoms with E-state index in [1.54, 1.807) is 36.4 Å². The average Bonchev–Trinajstić information content (AvgIpc) is 2.42. The maximum absolute atomic E-state index is 12.0. The molecule has 0 aromatic heterocycles. The Morgan fingerprint density at radius 2 is 1.79 bits per heavy atom. The minimum absolute atomic E-state index is 0.228. The van der Waals surface area contributed by atoms with Crippen molar-refractivity contribution in [1.82, 2.24) is 0 Å². The number of benzene rings is 2. The highest BCUT2D eigenvalue weighted by atomic mass is 16.5. The van der Waals surface area contributed by atoms with Crippen molar-refractivity contribution in [2.75, 3.05) is 0 Å². The number of esters is 1. The SMILES string of the molecule is Cc1ccc(OC(=O)c2ccccc2N=C=O)cc1. The van der Waals surface area contributed by atoms with Crippen molar-refractivity contribution in [2.24, 2.45) is 4.99 Å². The maximum atomic E-state index is 12.0. The molecule has 0 bridgehead atoms. The summed E-state index contributed by atoms with van der Waals surface area (Å²) in [6.07, 6.45) is 1.42. The summed E-state index contributed by atoms with van der Waals surface area (Å²) in [5.74, 6) is -0.112. The van der Waals surface area contributed by atoms with Gasteiger partial charge >= 0.3 is 5.97 Å². The predicted octanol–water partition coefficient (Wildman–Crippen LogP) is 3.18. The largest absolute Gasteiger partial charge is 0.423 e. The lowest BCUT2D eigenvalue weighted by Crippen LogP contribution is -2.08. The quantitative estimate of drug-likeness (QED) is 0.365. The van der Waals surface area contributed by atoms with Crippen molar-refractivity contribution in [3.05, 3.63) is 59.7 Å². The topological polar surface area (TPSA) is 55.7 Å². The Balaban J connectivity index is 2.25. The number of rotatable bonds is 3. The van der Waals surface area contributed by atoms with Crippen molar-refractivity contribution in [1.29, 1.82) is 0 Å². The maximum Gasteiger partial charge on any atom is 0.345 e. The number of ether oxygens (including phenoxy) is 1. The zero-order valence-corrected chi connectivity index (χ0v) is 10.3. The highest BCUT2D eigenvalue weighted by Crippen LogP contribution is 2.20. The van der Waals surface area contributed by atoms with Crippen molar-refractivity contribution in [3.63, 3.8) is 0 Å².